The normalized spacial score (nSPS) is 15.4. The molecule has 0 aromatic heterocycles. The van der Waals surface area contributed by atoms with Crippen LogP contribution < -0.4 is 9.62 Å². The fourth-order valence-corrected chi connectivity index (χ4v) is 5.28. The molecule has 0 aliphatic heterocycles. The van der Waals surface area contributed by atoms with Crippen molar-refractivity contribution in [3.05, 3.63) is 65.7 Å². The van der Waals surface area contributed by atoms with Gasteiger partial charge in [-0.3, -0.25) is 13.9 Å². The van der Waals surface area contributed by atoms with Gasteiger partial charge in [-0.1, -0.05) is 67.8 Å². The number of carbonyl (C=O) groups is 2. The van der Waals surface area contributed by atoms with Crippen molar-refractivity contribution in [1.82, 2.24) is 10.2 Å². The van der Waals surface area contributed by atoms with Crippen LogP contribution in [0.4, 0.5) is 5.69 Å². The summed E-state index contributed by atoms with van der Waals surface area (Å²) in [7, 11) is -3.73. The minimum absolute atomic E-state index is 0.122. The lowest BCUT2D eigenvalue weighted by Crippen LogP contribution is -2.53. The Balaban J connectivity index is 1.85. The number of amides is 2. The number of nitrogens with zero attached hydrogens (tertiary/aromatic N) is 2. The van der Waals surface area contributed by atoms with Crippen molar-refractivity contribution >= 4 is 27.5 Å². The molecule has 1 saturated carbocycles. The van der Waals surface area contributed by atoms with Gasteiger partial charge in [0.05, 0.1) is 11.9 Å². The number of anilines is 1. The van der Waals surface area contributed by atoms with E-state index >= 15 is 0 Å². The van der Waals surface area contributed by atoms with Crippen molar-refractivity contribution in [2.45, 2.75) is 64.6 Å². The number of aryl methyl sites for hydroxylation is 1. The van der Waals surface area contributed by atoms with Gasteiger partial charge in [0.1, 0.15) is 12.6 Å². The molecule has 2 amide bonds. The lowest BCUT2D eigenvalue weighted by molar-refractivity contribution is -0.139. The van der Waals surface area contributed by atoms with Crippen molar-refractivity contribution in [3.8, 4) is 0 Å². The molecule has 1 aliphatic rings. The zero-order valence-electron chi connectivity index (χ0n) is 20.2. The van der Waals surface area contributed by atoms with Crippen molar-refractivity contribution in [2.24, 2.45) is 0 Å². The molecule has 34 heavy (non-hydrogen) atoms. The van der Waals surface area contributed by atoms with Crippen molar-refractivity contribution < 1.29 is 18.0 Å². The van der Waals surface area contributed by atoms with Gasteiger partial charge < -0.3 is 10.2 Å². The minimum Gasteiger partial charge on any atom is -0.352 e. The second-order valence-corrected chi connectivity index (χ2v) is 11.0. The van der Waals surface area contributed by atoms with E-state index in [4.69, 9.17) is 0 Å². The predicted molar refractivity (Wildman–Crippen MR) is 135 cm³/mol. The lowest BCUT2D eigenvalue weighted by Gasteiger charge is -2.33. The summed E-state index contributed by atoms with van der Waals surface area (Å²) >= 11 is 0. The summed E-state index contributed by atoms with van der Waals surface area (Å²) in [5.41, 5.74) is 2.07. The number of sulfonamides is 1. The summed E-state index contributed by atoms with van der Waals surface area (Å²) < 4.78 is 26.4. The Labute approximate surface area is 203 Å². The number of para-hydroxylation sites is 1. The molecule has 2 aromatic carbocycles. The molecular formula is C26H35N3O4S. The molecule has 0 radical (unpaired) electrons. The van der Waals surface area contributed by atoms with E-state index in [0.29, 0.717) is 5.69 Å². The molecule has 0 bridgehead atoms. The van der Waals surface area contributed by atoms with Crippen LogP contribution in [0, 0.1) is 6.92 Å². The molecular weight excluding hydrogens is 450 g/mol. The van der Waals surface area contributed by atoms with Crippen LogP contribution in [-0.2, 0) is 26.2 Å². The van der Waals surface area contributed by atoms with E-state index in [9.17, 15) is 18.0 Å². The van der Waals surface area contributed by atoms with E-state index in [1.807, 2.05) is 36.4 Å². The molecule has 1 atom stereocenters. The zero-order valence-corrected chi connectivity index (χ0v) is 21.1. The average molecular weight is 486 g/mol. The molecule has 184 valence electrons. The Morgan fingerprint density at radius 2 is 1.62 bits per heavy atom. The van der Waals surface area contributed by atoms with Crippen LogP contribution >= 0.6 is 0 Å². The van der Waals surface area contributed by atoms with Crippen LogP contribution in [0.15, 0.2) is 54.6 Å². The van der Waals surface area contributed by atoms with E-state index in [2.05, 4.69) is 5.32 Å². The largest absolute Gasteiger partial charge is 0.352 e. The molecule has 2 aromatic rings. The van der Waals surface area contributed by atoms with Crippen molar-refractivity contribution in [2.75, 3.05) is 17.1 Å². The van der Waals surface area contributed by atoms with Gasteiger partial charge in [-0.15, -0.1) is 0 Å². The zero-order chi connectivity index (χ0) is 24.7. The highest BCUT2D eigenvalue weighted by atomic mass is 32.2. The van der Waals surface area contributed by atoms with Crippen LogP contribution in [0.1, 0.15) is 50.2 Å². The van der Waals surface area contributed by atoms with E-state index in [0.717, 1.165) is 47.4 Å². The summed E-state index contributed by atoms with van der Waals surface area (Å²) in [4.78, 5) is 28.2. The minimum atomic E-state index is -3.73. The topological polar surface area (TPSA) is 86.8 Å². The highest BCUT2D eigenvalue weighted by Gasteiger charge is 2.31. The standard InChI is InChI=1S/C26H35N3O4S/c1-20-12-10-11-17-24(20)29(34(3,32)33)19-25(30)28(18-22-13-6-4-7-14-22)21(2)26(31)27-23-15-8-5-9-16-23/h4,6-7,10-14,17,21,23H,5,8-9,15-16,18-19H2,1-3H3,(H,27,31)/t21-/m1/s1. The predicted octanol–water partition coefficient (Wildman–Crippen LogP) is 3.63. The Kier molecular flexibility index (Phi) is 8.72. The van der Waals surface area contributed by atoms with Gasteiger partial charge in [-0.2, -0.15) is 0 Å². The van der Waals surface area contributed by atoms with Crippen LogP contribution in [0.25, 0.3) is 0 Å². The fraction of sp³-hybridized carbons (Fsp3) is 0.462. The molecule has 0 saturated heterocycles. The summed E-state index contributed by atoms with van der Waals surface area (Å²) in [5.74, 6) is -0.637. The first-order valence-corrected chi connectivity index (χ1v) is 13.7. The number of benzene rings is 2. The van der Waals surface area contributed by atoms with E-state index in [1.165, 1.54) is 11.3 Å². The van der Waals surface area contributed by atoms with Crippen LogP contribution in [0.3, 0.4) is 0 Å². The Bertz CT molecular complexity index is 1080. The van der Waals surface area contributed by atoms with Crippen LogP contribution in [0.5, 0.6) is 0 Å². The number of carbonyl (C=O) groups excluding carboxylic acids is 2. The first-order chi connectivity index (χ1) is 16.2. The first-order valence-electron chi connectivity index (χ1n) is 11.8. The van der Waals surface area contributed by atoms with E-state index < -0.39 is 22.0 Å². The second-order valence-electron chi connectivity index (χ2n) is 9.08. The number of hydrogen-bond acceptors (Lipinski definition) is 4. The third kappa shape index (κ3) is 6.82. The summed E-state index contributed by atoms with van der Waals surface area (Å²) in [5, 5.41) is 3.10. The molecule has 0 heterocycles. The number of nitrogens with one attached hydrogen (secondary N) is 1. The molecule has 3 rings (SSSR count). The third-order valence-electron chi connectivity index (χ3n) is 6.38. The lowest BCUT2D eigenvalue weighted by atomic mass is 9.95. The van der Waals surface area contributed by atoms with Gasteiger partial charge in [0.25, 0.3) is 0 Å². The van der Waals surface area contributed by atoms with E-state index in [-0.39, 0.29) is 25.0 Å². The first kappa shape index (κ1) is 25.7. The maximum atomic E-state index is 13.6. The maximum Gasteiger partial charge on any atom is 0.244 e. The summed E-state index contributed by atoms with van der Waals surface area (Å²) in [6.07, 6.45) is 6.34. The summed E-state index contributed by atoms with van der Waals surface area (Å²) in [6.45, 7) is 3.35. The highest BCUT2D eigenvalue weighted by Crippen LogP contribution is 2.23. The Morgan fingerprint density at radius 3 is 2.24 bits per heavy atom. The van der Waals surface area contributed by atoms with Crippen molar-refractivity contribution in [1.29, 1.82) is 0 Å². The maximum absolute atomic E-state index is 13.6. The Morgan fingerprint density at radius 1 is 1.00 bits per heavy atom. The molecule has 1 aliphatic carbocycles. The Hall–Kier alpha value is -2.87. The van der Waals surface area contributed by atoms with Crippen LogP contribution in [0.2, 0.25) is 0 Å². The van der Waals surface area contributed by atoms with Gasteiger partial charge in [-0.05, 0) is 43.9 Å². The SMILES string of the molecule is Cc1ccccc1N(CC(=O)N(Cc1ccccc1)[C@H](C)C(=O)NC1CCCCC1)S(C)(=O)=O. The van der Waals surface area contributed by atoms with Gasteiger partial charge in [0, 0.05) is 12.6 Å². The van der Waals surface area contributed by atoms with Crippen molar-refractivity contribution in [3.63, 3.8) is 0 Å². The molecule has 1 N–H and O–H groups in total. The molecule has 0 unspecified atom stereocenters. The summed E-state index contributed by atoms with van der Waals surface area (Å²) in [6, 6.07) is 15.9. The second kappa shape index (κ2) is 11.5. The highest BCUT2D eigenvalue weighted by molar-refractivity contribution is 7.92. The van der Waals surface area contributed by atoms with E-state index in [1.54, 1.807) is 32.0 Å². The van der Waals surface area contributed by atoms with Crippen LogP contribution in [-0.4, -0.2) is 50.0 Å². The molecule has 8 heteroatoms. The monoisotopic (exact) mass is 485 g/mol. The third-order valence-corrected chi connectivity index (χ3v) is 7.50. The van der Waals surface area contributed by atoms with Gasteiger partial charge >= 0.3 is 0 Å². The van der Waals surface area contributed by atoms with Gasteiger partial charge in [0.2, 0.25) is 21.8 Å². The molecule has 1 fully saturated rings. The quantitative estimate of drug-likeness (QED) is 0.588. The molecule has 0 spiro atoms. The van der Waals surface area contributed by atoms with Gasteiger partial charge in [-0.25, -0.2) is 8.42 Å². The smallest absolute Gasteiger partial charge is 0.244 e. The molecule has 7 nitrogen and oxygen atoms in total. The average Bonchev–Trinajstić information content (AvgIpc) is 2.81. The fourth-order valence-electron chi connectivity index (χ4n) is 4.37. The number of hydrogen-bond donors (Lipinski definition) is 1. The van der Waals surface area contributed by atoms with Gasteiger partial charge in [0.15, 0.2) is 0 Å². The number of rotatable bonds is 9.